The Labute approximate surface area is 123 Å². The first-order valence-corrected chi connectivity index (χ1v) is 7.50. The fourth-order valence-corrected chi connectivity index (χ4v) is 2.71. The summed E-state index contributed by atoms with van der Waals surface area (Å²) in [6, 6.07) is 0. The number of anilines is 3. The van der Waals surface area contributed by atoms with Crippen molar-refractivity contribution in [3.63, 3.8) is 0 Å². The molecule has 0 atom stereocenters. The van der Waals surface area contributed by atoms with Crippen LogP contribution in [-0.4, -0.2) is 53.6 Å². The first-order chi connectivity index (χ1) is 10.2. The van der Waals surface area contributed by atoms with Crippen molar-refractivity contribution in [2.24, 2.45) is 0 Å². The maximum Gasteiger partial charge on any atom is 0.232 e. The van der Waals surface area contributed by atoms with E-state index in [4.69, 9.17) is 5.73 Å². The molecule has 21 heavy (non-hydrogen) atoms. The first kappa shape index (κ1) is 13.8. The minimum Gasteiger partial charge on any atom is -0.368 e. The Kier molecular flexibility index (Phi) is 4.03. The highest BCUT2D eigenvalue weighted by atomic mass is 16.1. The van der Waals surface area contributed by atoms with Gasteiger partial charge in [0.25, 0.3) is 0 Å². The van der Waals surface area contributed by atoms with Crippen molar-refractivity contribution < 1.29 is 4.79 Å². The minimum absolute atomic E-state index is 0.0655. The molecule has 0 bridgehead atoms. The average Bonchev–Trinajstić information content (AvgIpc) is 2.72. The van der Waals surface area contributed by atoms with E-state index in [1.807, 2.05) is 4.90 Å². The van der Waals surface area contributed by atoms with Crippen LogP contribution in [-0.2, 0) is 4.79 Å². The van der Waals surface area contributed by atoms with Crippen LogP contribution in [0.15, 0.2) is 0 Å². The molecule has 2 fully saturated rings. The SMILES string of the molecule is Nc1nc(N2CCCCC2)nc(N2CCNC(=O)CC2)n1. The maximum atomic E-state index is 11.4. The van der Waals surface area contributed by atoms with E-state index in [-0.39, 0.29) is 11.9 Å². The van der Waals surface area contributed by atoms with E-state index in [1.165, 1.54) is 6.42 Å². The highest BCUT2D eigenvalue weighted by Crippen LogP contribution is 2.19. The topological polar surface area (TPSA) is 100 Å². The van der Waals surface area contributed by atoms with Crippen LogP contribution in [0, 0.1) is 0 Å². The van der Waals surface area contributed by atoms with Crippen molar-refractivity contribution in [1.82, 2.24) is 20.3 Å². The van der Waals surface area contributed by atoms with Gasteiger partial charge < -0.3 is 20.9 Å². The second kappa shape index (κ2) is 6.11. The Balaban J connectivity index is 1.81. The standard InChI is InChI=1S/C13H21N7O/c14-11-16-12(19-6-2-1-3-7-19)18-13(17-11)20-8-4-10(21)15-5-9-20/h1-9H2,(H,15,21)(H2,14,16,17,18). The van der Waals surface area contributed by atoms with Crippen LogP contribution < -0.4 is 20.9 Å². The highest BCUT2D eigenvalue weighted by Gasteiger charge is 2.20. The molecule has 1 aromatic rings. The van der Waals surface area contributed by atoms with Crippen LogP contribution in [0.25, 0.3) is 0 Å². The lowest BCUT2D eigenvalue weighted by Crippen LogP contribution is -2.34. The van der Waals surface area contributed by atoms with E-state index in [9.17, 15) is 4.79 Å². The van der Waals surface area contributed by atoms with Crippen molar-refractivity contribution in [3.05, 3.63) is 0 Å². The summed E-state index contributed by atoms with van der Waals surface area (Å²) in [5.74, 6) is 1.53. The predicted octanol–water partition coefficient (Wildman–Crippen LogP) is -0.230. The van der Waals surface area contributed by atoms with E-state index < -0.39 is 0 Å². The van der Waals surface area contributed by atoms with Gasteiger partial charge in [0, 0.05) is 39.1 Å². The summed E-state index contributed by atoms with van der Waals surface area (Å²) in [6.45, 7) is 3.82. The third-order valence-electron chi connectivity index (χ3n) is 3.86. The van der Waals surface area contributed by atoms with Gasteiger partial charge in [-0.25, -0.2) is 0 Å². The van der Waals surface area contributed by atoms with Crippen molar-refractivity contribution in [1.29, 1.82) is 0 Å². The lowest BCUT2D eigenvalue weighted by atomic mass is 10.1. The summed E-state index contributed by atoms with van der Waals surface area (Å²) < 4.78 is 0. The van der Waals surface area contributed by atoms with Gasteiger partial charge in [-0.05, 0) is 19.3 Å². The first-order valence-electron chi connectivity index (χ1n) is 7.50. The number of carbonyl (C=O) groups is 1. The molecule has 2 aliphatic rings. The molecular formula is C13H21N7O. The normalized spacial score (nSPS) is 20.1. The molecular weight excluding hydrogens is 270 g/mol. The molecule has 3 rings (SSSR count). The maximum absolute atomic E-state index is 11.4. The number of aromatic nitrogens is 3. The number of nitrogen functional groups attached to an aromatic ring is 1. The number of rotatable bonds is 2. The predicted molar refractivity (Wildman–Crippen MR) is 80.1 cm³/mol. The second-order valence-corrected chi connectivity index (χ2v) is 5.43. The summed E-state index contributed by atoms with van der Waals surface area (Å²) in [5, 5.41) is 2.84. The van der Waals surface area contributed by atoms with Crippen molar-refractivity contribution in [3.8, 4) is 0 Å². The van der Waals surface area contributed by atoms with E-state index in [2.05, 4.69) is 25.2 Å². The van der Waals surface area contributed by atoms with Crippen LogP contribution in [0.3, 0.4) is 0 Å². The summed E-state index contributed by atoms with van der Waals surface area (Å²) in [4.78, 5) is 28.6. The number of nitrogens with two attached hydrogens (primary N) is 1. The van der Waals surface area contributed by atoms with E-state index in [1.54, 1.807) is 0 Å². The largest absolute Gasteiger partial charge is 0.368 e. The number of carbonyl (C=O) groups excluding carboxylic acids is 1. The van der Waals surface area contributed by atoms with E-state index >= 15 is 0 Å². The van der Waals surface area contributed by atoms with Gasteiger partial charge in [0.2, 0.25) is 23.8 Å². The molecule has 2 aliphatic heterocycles. The molecule has 0 radical (unpaired) electrons. The van der Waals surface area contributed by atoms with Crippen molar-refractivity contribution in [2.75, 3.05) is 48.3 Å². The van der Waals surface area contributed by atoms with Crippen molar-refractivity contribution in [2.45, 2.75) is 25.7 Å². The molecule has 1 amide bonds. The smallest absolute Gasteiger partial charge is 0.232 e. The number of nitrogens with zero attached hydrogens (tertiary/aromatic N) is 5. The van der Waals surface area contributed by atoms with Gasteiger partial charge in [0.15, 0.2) is 0 Å². The van der Waals surface area contributed by atoms with Gasteiger partial charge in [-0.1, -0.05) is 0 Å². The molecule has 0 spiro atoms. The summed E-state index contributed by atoms with van der Waals surface area (Å²) in [5.41, 5.74) is 5.84. The lowest BCUT2D eigenvalue weighted by Gasteiger charge is -2.28. The number of piperidine rings is 1. The monoisotopic (exact) mass is 291 g/mol. The zero-order chi connectivity index (χ0) is 14.7. The molecule has 3 N–H and O–H groups in total. The Bertz CT molecular complexity index is 515. The van der Waals surface area contributed by atoms with Gasteiger partial charge in [0.1, 0.15) is 0 Å². The molecule has 8 heteroatoms. The van der Waals surface area contributed by atoms with Crippen LogP contribution >= 0.6 is 0 Å². The number of amides is 1. The Morgan fingerprint density at radius 1 is 0.905 bits per heavy atom. The second-order valence-electron chi connectivity index (χ2n) is 5.43. The Morgan fingerprint density at radius 3 is 2.29 bits per heavy atom. The molecule has 0 aliphatic carbocycles. The Morgan fingerprint density at radius 2 is 1.57 bits per heavy atom. The van der Waals surface area contributed by atoms with Gasteiger partial charge in [-0.15, -0.1) is 0 Å². The highest BCUT2D eigenvalue weighted by molar-refractivity contribution is 5.77. The third-order valence-corrected chi connectivity index (χ3v) is 3.86. The van der Waals surface area contributed by atoms with E-state index in [0.717, 1.165) is 25.9 Å². The van der Waals surface area contributed by atoms with Gasteiger partial charge in [-0.2, -0.15) is 15.0 Å². The summed E-state index contributed by atoms with van der Waals surface area (Å²) >= 11 is 0. The Hall–Kier alpha value is -2.12. The number of nitrogens with one attached hydrogen (secondary N) is 1. The van der Waals surface area contributed by atoms with Crippen LogP contribution in [0.5, 0.6) is 0 Å². The molecule has 0 saturated carbocycles. The van der Waals surface area contributed by atoms with Crippen molar-refractivity contribution >= 4 is 23.8 Å². The molecule has 1 aromatic heterocycles. The fraction of sp³-hybridized carbons (Fsp3) is 0.692. The van der Waals surface area contributed by atoms with Crippen LogP contribution in [0.1, 0.15) is 25.7 Å². The van der Waals surface area contributed by atoms with E-state index in [0.29, 0.717) is 38.0 Å². The zero-order valence-electron chi connectivity index (χ0n) is 12.1. The van der Waals surface area contributed by atoms with Gasteiger partial charge >= 0.3 is 0 Å². The molecule has 8 nitrogen and oxygen atoms in total. The molecule has 2 saturated heterocycles. The van der Waals surface area contributed by atoms with Gasteiger partial charge in [-0.3, -0.25) is 4.79 Å². The molecule has 3 heterocycles. The zero-order valence-corrected chi connectivity index (χ0v) is 12.1. The fourth-order valence-electron chi connectivity index (χ4n) is 2.71. The summed E-state index contributed by atoms with van der Waals surface area (Å²) in [6.07, 6.45) is 4.01. The lowest BCUT2D eigenvalue weighted by molar-refractivity contribution is -0.120. The van der Waals surface area contributed by atoms with Crippen LogP contribution in [0.2, 0.25) is 0 Å². The third kappa shape index (κ3) is 3.32. The van der Waals surface area contributed by atoms with Crippen LogP contribution in [0.4, 0.5) is 17.8 Å². The number of hydrogen-bond acceptors (Lipinski definition) is 7. The minimum atomic E-state index is 0.0655. The summed E-state index contributed by atoms with van der Waals surface area (Å²) in [7, 11) is 0. The average molecular weight is 291 g/mol. The quantitative estimate of drug-likeness (QED) is 0.776. The molecule has 114 valence electrons. The van der Waals surface area contributed by atoms with Gasteiger partial charge in [0.05, 0.1) is 0 Å². The number of hydrogen-bond donors (Lipinski definition) is 2. The molecule has 0 unspecified atom stereocenters. The molecule has 0 aromatic carbocycles.